The Bertz CT molecular complexity index is 664. The van der Waals surface area contributed by atoms with Crippen molar-refractivity contribution in [2.24, 2.45) is 5.41 Å². The summed E-state index contributed by atoms with van der Waals surface area (Å²) < 4.78 is 15.9. The van der Waals surface area contributed by atoms with Crippen LogP contribution >= 0.6 is 23.0 Å². The fourth-order valence-corrected chi connectivity index (χ4v) is 5.20. The van der Waals surface area contributed by atoms with Gasteiger partial charge in [-0.2, -0.15) is 0 Å². The third-order valence-electron chi connectivity index (χ3n) is 7.07. The molecule has 0 fully saturated rings. The third kappa shape index (κ3) is 18.5. The van der Waals surface area contributed by atoms with Gasteiger partial charge in [-0.1, -0.05) is 129 Å². The molecule has 0 aliphatic carbocycles. The smallest absolute Gasteiger partial charge is 0.344 e. The molecule has 0 aromatic carbocycles. The van der Waals surface area contributed by atoms with E-state index in [1.807, 2.05) is 0 Å². The lowest BCUT2D eigenvalue weighted by Crippen LogP contribution is -2.52. The maximum absolute atomic E-state index is 13.2. The molecule has 0 radical (unpaired) electrons. The molecule has 0 spiro atoms. The molecule has 0 unspecified atom stereocenters. The number of unbranched alkanes of at least 4 members (excludes halogenated alkanes) is 18. The molecule has 0 aliphatic rings. The summed E-state index contributed by atoms with van der Waals surface area (Å²) in [5.41, 5.74) is -3.83. The van der Waals surface area contributed by atoms with Gasteiger partial charge >= 0.3 is 17.9 Å². The van der Waals surface area contributed by atoms with Crippen molar-refractivity contribution in [3.63, 3.8) is 0 Å². The number of rotatable bonds is 23. The first-order valence-electron chi connectivity index (χ1n) is 16.1. The van der Waals surface area contributed by atoms with Crippen molar-refractivity contribution >= 4 is 40.9 Å². The zero-order chi connectivity index (χ0) is 30.5. The molecule has 0 saturated heterocycles. The standard InChI is InChI=1S/C33H61IO6/c1-8-9-10-11-12-13-14-15-16-17-18-19-20-21-22-23-24-25-26-27-33(30(37)40-34,28(35)38-31(2,3)4)29(36)39-32(5,6)7/h8-27H2,1-7H3. The van der Waals surface area contributed by atoms with E-state index in [2.05, 4.69) is 6.92 Å². The first-order chi connectivity index (χ1) is 18.8. The molecule has 0 aromatic heterocycles. The largest absolute Gasteiger partial charge is 0.459 e. The van der Waals surface area contributed by atoms with Crippen LogP contribution in [0.1, 0.15) is 177 Å². The molecule has 40 heavy (non-hydrogen) atoms. The van der Waals surface area contributed by atoms with Gasteiger partial charge in [0.2, 0.25) is 0 Å². The molecule has 6 nitrogen and oxygen atoms in total. The Morgan fingerprint density at radius 2 is 0.750 bits per heavy atom. The van der Waals surface area contributed by atoms with Gasteiger partial charge in [-0.25, -0.2) is 4.79 Å². The van der Waals surface area contributed by atoms with E-state index >= 15 is 0 Å². The molecule has 0 saturated carbocycles. The van der Waals surface area contributed by atoms with Gasteiger partial charge in [-0.3, -0.25) is 9.59 Å². The van der Waals surface area contributed by atoms with Crippen LogP contribution in [0.25, 0.3) is 0 Å². The van der Waals surface area contributed by atoms with Gasteiger partial charge in [0.05, 0.1) is 0 Å². The van der Waals surface area contributed by atoms with Crippen molar-refractivity contribution in [2.75, 3.05) is 0 Å². The van der Waals surface area contributed by atoms with Crippen molar-refractivity contribution in [2.45, 2.75) is 188 Å². The Labute approximate surface area is 260 Å². The zero-order valence-corrected chi connectivity index (χ0v) is 29.1. The lowest BCUT2D eigenvalue weighted by Gasteiger charge is -2.32. The number of carbonyl (C=O) groups is 3. The predicted octanol–water partition coefficient (Wildman–Crippen LogP) is 10.4. The fourth-order valence-electron chi connectivity index (χ4n) is 4.82. The number of hydrogen-bond donors (Lipinski definition) is 0. The van der Waals surface area contributed by atoms with Gasteiger partial charge < -0.3 is 12.5 Å². The van der Waals surface area contributed by atoms with Crippen LogP contribution in [0.15, 0.2) is 0 Å². The van der Waals surface area contributed by atoms with Crippen LogP contribution in [0, 0.1) is 5.41 Å². The van der Waals surface area contributed by atoms with E-state index in [1.165, 1.54) is 119 Å². The molecule has 0 atom stereocenters. The maximum Gasteiger partial charge on any atom is 0.344 e. The number of hydrogen-bond acceptors (Lipinski definition) is 6. The Morgan fingerprint density at radius 1 is 0.475 bits per heavy atom. The van der Waals surface area contributed by atoms with Crippen molar-refractivity contribution in [3.8, 4) is 0 Å². The van der Waals surface area contributed by atoms with Crippen LogP contribution < -0.4 is 0 Å². The van der Waals surface area contributed by atoms with Gasteiger partial charge in [0.25, 0.3) is 5.41 Å². The Kier molecular flexibility index (Phi) is 21.3. The van der Waals surface area contributed by atoms with E-state index in [-0.39, 0.29) is 6.42 Å². The minimum Gasteiger partial charge on any atom is -0.459 e. The average Bonchev–Trinajstić information content (AvgIpc) is 2.85. The highest BCUT2D eigenvalue weighted by Gasteiger charge is 2.58. The van der Waals surface area contributed by atoms with Gasteiger partial charge in [0.1, 0.15) is 11.2 Å². The number of halogens is 1. The molecule has 236 valence electrons. The van der Waals surface area contributed by atoms with Gasteiger partial charge in [0, 0.05) is 0 Å². The van der Waals surface area contributed by atoms with Crippen LogP contribution in [0.5, 0.6) is 0 Å². The highest BCUT2D eigenvalue weighted by Crippen LogP contribution is 2.35. The van der Waals surface area contributed by atoms with E-state index in [1.54, 1.807) is 41.5 Å². The molecule has 0 N–H and O–H groups in total. The van der Waals surface area contributed by atoms with Crippen LogP contribution in [0.4, 0.5) is 0 Å². The average molecular weight is 681 g/mol. The van der Waals surface area contributed by atoms with Crippen molar-refractivity contribution < 1.29 is 26.9 Å². The van der Waals surface area contributed by atoms with Crippen molar-refractivity contribution in [1.29, 1.82) is 0 Å². The molecular weight excluding hydrogens is 619 g/mol. The van der Waals surface area contributed by atoms with Crippen molar-refractivity contribution in [3.05, 3.63) is 0 Å². The Morgan fingerprint density at radius 3 is 1.00 bits per heavy atom. The normalized spacial score (nSPS) is 12.3. The summed E-state index contributed by atoms with van der Waals surface area (Å²) in [5, 5.41) is 0. The second-order valence-electron chi connectivity index (χ2n) is 13.4. The Balaban J connectivity index is 4.32. The van der Waals surface area contributed by atoms with E-state index in [0.717, 1.165) is 19.3 Å². The molecule has 0 aromatic rings. The number of carbonyl (C=O) groups excluding carboxylic acids is 3. The minimum absolute atomic E-state index is 0.0114. The molecule has 0 rings (SSSR count). The van der Waals surface area contributed by atoms with E-state index < -0.39 is 34.5 Å². The van der Waals surface area contributed by atoms with Crippen molar-refractivity contribution in [1.82, 2.24) is 0 Å². The van der Waals surface area contributed by atoms with Crippen LogP contribution in [0.3, 0.4) is 0 Å². The molecule has 0 heterocycles. The van der Waals surface area contributed by atoms with Crippen LogP contribution in [-0.2, 0) is 26.9 Å². The Hall–Kier alpha value is -0.860. The summed E-state index contributed by atoms with van der Waals surface area (Å²) in [4.78, 5) is 39.3. The van der Waals surface area contributed by atoms with Crippen LogP contribution in [-0.4, -0.2) is 29.1 Å². The van der Waals surface area contributed by atoms with E-state index in [9.17, 15) is 14.4 Å². The molecular formula is C33H61IO6. The van der Waals surface area contributed by atoms with Gasteiger partial charge in [0.15, 0.2) is 23.0 Å². The molecule has 0 amide bonds. The zero-order valence-electron chi connectivity index (χ0n) is 27.0. The highest BCUT2D eigenvalue weighted by atomic mass is 127. The molecule has 0 aliphatic heterocycles. The monoisotopic (exact) mass is 680 g/mol. The summed E-state index contributed by atoms with van der Waals surface area (Å²) in [6, 6.07) is 0. The summed E-state index contributed by atoms with van der Waals surface area (Å²) in [6.45, 7) is 12.5. The topological polar surface area (TPSA) is 78.9 Å². The minimum atomic E-state index is -2.11. The second kappa shape index (κ2) is 21.8. The quantitative estimate of drug-likeness (QED) is 0.0463. The maximum atomic E-state index is 13.2. The fraction of sp³-hybridized carbons (Fsp3) is 0.909. The van der Waals surface area contributed by atoms with Crippen LogP contribution in [0.2, 0.25) is 0 Å². The van der Waals surface area contributed by atoms with Gasteiger partial charge in [-0.15, -0.1) is 0 Å². The number of ether oxygens (including phenoxy) is 2. The summed E-state index contributed by atoms with van der Waals surface area (Å²) in [5.74, 6) is -2.74. The first-order valence-corrected chi connectivity index (χ1v) is 17.0. The number of esters is 2. The van der Waals surface area contributed by atoms with E-state index in [4.69, 9.17) is 12.5 Å². The molecule has 7 heteroatoms. The summed E-state index contributed by atoms with van der Waals surface area (Å²) >= 11 is 1.42. The molecule has 0 bridgehead atoms. The SMILES string of the molecule is CCCCCCCCCCCCCCCCCCCCCC(C(=O)OI)(C(=O)OC(C)(C)C)C(=O)OC(C)(C)C. The summed E-state index contributed by atoms with van der Waals surface area (Å²) in [7, 11) is 0. The third-order valence-corrected chi connectivity index (χ3v) is 7.47. The lowest BCUT2D eigenvalue weighted by molar-refractivity contribution is -0.190. The first kappa shape index (κ1) is 39.1. The predicted molar refractivity (Wildman–Crippen MR) is 172 cm³/mol. The second-order valence-corrected chi connectivity index (χ2v) is 13.8. The van der Waals surface area contributed by atoms with Gasteiger partial charge in [-0.05, 0) is 48.0 Å². The summed E-state index contributed by atoms with van der Waals surface area (Å²) in [6.07, 6.45) is 23.8. The highest BCUT2D eigenvalue weighted by molar-refractivity contribution is 14.1. The lowest BCUT2D eigenvalue weighted by atomic mass is 9.81. The van der Waals surface area contributed by atoms with E-state index in [0.29, 0.717) is 6.42 Å².